The first-order valence-electron chi connectivity index (χ1n) is 5.71. The standard InChI is InChI=1S/4C3H6O2.Ti/c4*1-3(2)5-4;/h4*4H,1H2,2H3;/q;;;;+4/p-4. The van der Waals surface area contributed by atoms with Gasteiger partial charge in [0, 0.05) is 0 Å². The fourth-order valence-electron chi connectivity index (χ4n) is 0.572. The summed E-state index contributed by atoms with van der Waals surface area (Å²) in [6.07, 6.45) is 0. The van der Waals surface area contributed by atoms with E-state index in [0.717, 1.165) is 0 Å². The maximum atomic E-state index is 4.97. The molecule has 0 spiro atoms. The summed E-state index contributed by atoms with van der Waals surface area (Å²) in [5.74, 6) is 0.840. The van der Waals surface area contributed by atoms with Gasteiger partial charge >= 0.3 is 129 Å². The first kappa shape index (κ1) is 19.7. The molecule has 0 unspecified atom stereocenters. The SMILES string of the molecule is C=C(C)O[O][Ti]([O]OC(=C)C)([O]OC(=C)C)[O]OC(=C)C. The minimum absolute atomic E-state index is 0.210. The van der Waals surface area contributed by atoms with Crippen LogP contribution in [0.3, 0.4) is 0 Å². The normalized spacial score (nSPS) is 10.5. The van der Waals surface area contributed by atoms with Crippen molar-refractivity contribution in [3.63, 3.8) is 0 Å². The van der Waals surface area contributed by atoms with Crippen molar-refractivity contribution < 1.29 is 51.6 Å². The summed E-state index contributed by atoms with van der Waals surface area (Å²) in [6, 6.07) is 0. The summed E-state index contributed by atoms with van der Waals surface area (Å²) >= 11 is -4.76. The summed E-state index contributed by atoms with van der Waals surface area (Å²) in [4.78, 5) is 19.2. The van der Waals surface area contributed by atoms with Gasteiger partial charge in [0.2, 0.25) is 0 Å². The summed E-state index contributed by atoms with van der Waals surface area (Å²) in [6.45, 7) is 20.1. The Kier molecular flexibility index (Phi) is 9.03. The van der Waals surface area contributed by atoms with Gasteiger partial charge in [-0.15, -0.1) is 0 Å². The van der Waals surface area contributed by atoms with Gasteiger partial charge in [0.25, 0.3) is 0 Å². The Morgan fingerprint density at radius 3 is 0.857 bits per heavy atom. The molecule has 8 nitrogen and oxygen atoms in total. The Morgan fingerprint density at radius 1 is 0.524 bits per heavy atom. The first-order chi connectivity index (χ1) is 9.67. The summed E-state index contributed by atoms with van der Waals surface area (Å²) in [7, 11) is 0. The Labute approximate surface area is 129 Å². The molecule has 0 heterocycles. The second kappa shape index (κ2) is 9.61. The molecule has 0 aromatic heterocycles. The molecule has 0 atom stereocenters. The molecular weight excluding hydrogens is 320 g/mol. The predicted octanol–water partition coefficient (Wildman–Crippen LogP) is 3.73. The first-order valence-corrected chi connectivity index (χ1v) is 8.26. The van der Waals surface area contributed by atoms with E-state index in [1.165, 1.54) is 27.7 Å². The molecule has 0 radical (unpaired) electrons. The Balaban J connectivity index is 5.02. The molecular formula is C12H20O8Ti. The van der Waals surface area contributed by atoms with Crippen molar-refractivity contribution in [1.29, 1.82) is 0 Å². The third-order valence-electron chi connectivity index (χ3n) is 1.14. The van der Waals surface area contributed by atoms with Gasteiger partial charge in [0.15, 0.2) is 0 Å². The van der Waals surface area contributed by atoms with E-state index in [1.54, 1.807) is 0 Å². The van der Waals surface area contributed by atoms with E-state index in [0.29, 0.717) is 0 Å². The molecule has 0 aliphatic heterocycles. The van der Waals surface area contributed by atoms with Crippen LogP contribution in [0.15, 0.2) is 49.4 Å². The fourth-order valence-corrected chi connectivity index (χ4v) is 2.36. The van der Waals surface area contributed by atoms with Crippen LogP contribution in [0.4, 0.5) is 0 Å². The van der Waals surface area contributed by atoms with E-state index in [2.05, 4.69) is 26.3 Å². The fraction of sp³-hybridized carbons (Fsp3) is 0.333. The molecule has 0 fully saturated rings. The third-order valence-corrected chi connectivity index (χ3v) is 2.94. The monoisotopic (exact) mass is 340 g/mol. The second-order valence-corrected chi connectivity index (χ2v) is 6.58. The zero-order valence-electron chi connectivity index (χ0n) is 12.6. The molecule has 0 saturated carbocycles. The molecule has 0 aliphatic rings. The number of rotatable bonds is 12. The van der Waals surface area contributed by atoms with Crippen LogP contribution in [0, 0.1) is 0 Å². The average molecular weight is 340 g/mol. The topological polar surface area (TPSA) is 73.8 Å². The van der Waals surface area contributed by atoms with E-state index in [9.17, 15) is 0 Å². The van der Waals surface area contributed by atoms with Crippen LogP contribution in [-0.2, 0) is 51.6 Å². The van der Waals surface area contributed by atoms with Crippen LogP contribution in [0.2, 0.25) is 0 Å². The Morgan fingerprint density at radius 2 is 0.714 bits per heavy atom. The van der Waals surface area contributed by atoms with E-state index >= 15 is 0 Å². The zero-order chi connectivity index (χ0) is 16.5. The Hall–Kier alpha value is -1.29. The number of hydrogen-bond donors (Lipinski definition) is 0. The van der Waals surface area contributed by atoms with E-state index in [4.69, 9.17) is 33.4 Å². The van der Waals surface area contributed by atoms with Crippen molar-refractivity contribution in [3.8, 4) is 0 Å². The number of allylic oxidation sites excluding steroid dienone is 4. The quantitative estimate of drug-likeness (QED) is 0.230. The average Bonchev–Trinajstić information content (AvgIpc) is 2.36. The van der Waals surface area contributed by atoms with Gasteiger partial charge in [-0.25, -0.2) is 0 Å². The van der Waals surface area contributed by atoms with Gasteiger partial charge in [-0.05, 0) is 0 Å². The minimum atomic E-state index is -4.76. The van der Waals surface area contributed by atoms with Gasteiger partial charge in [-0.1, -0.05) is 0 Å². The third kappa shape index (κ3) is 10.1. The molecule has 0 bridgehead atoms. The second-order valence-electron chi connectivity index (χ2n) is 3.97. The van der Waals surface area contributed by atoms with Crippen LogP contribution in [0.25, 0.3) is 0 Å². The van der Waals surface area contributed by atoms with Crippen molar-refractivity contribution in [2.45, 2.75) is 27.7 Å². The van der Waals surface area contributed by atoms with Crippen LogP contribution in [0.1, 0.15) is 27.7 Å². The van der Waals surface area contributed by atoms with Crippen molar-refractivity contribution >= 4 is 0 Å². The van der Waals surface area contributed by atoms with E-state index in [1.807, 2.05) is 0 Å². The maximum absolute atomic E-state index is 4.97. The molecule has 21 heavy (non-hydrogen) atoms. The van der Waals surface area contributed by atoms with Crippen LogP contribution in [-0.4, -0.2) is 0 Å². The van der Waals surface area contributed by atoms with Gasteiger partial charge in [0.1, 0.15) is 0 Å². The molecule has 0 N–H and O–H groups in total. The van der Waals surface area contributed by atoms with Gasteiger partial charge in [-0.2, -0.15) is 0 Å². The molecule has 0 aromatic rings. The van der Waals surface area contributed by atoms with Crippen molar-refractivity contribution in [3.05, 3.63) is 49.4 Å². The Bertz CT molecular complexity index is 329. The van der Waals surface area contributed by atoms with E-state index < -0.39 is 18.1 Å². The van der Waals surface area contributed by atoms with Crippen LogP contribution >= 0.6 is 0 Å². The molecule has 0 amide bonds. The van der Waals surface area contributed by atoms with Gasteiger partial charge < -0.3 is 0 Å². The zero-order valence-corrected chi connectivity index (χ0v) is 14.2. The summed E-state index contributed by atoms with van der Waals surface area (Å²) in [5.41, 5.74) is 0. The van der Waals surface area contributed by atoms with Crippen molar-refractivity contribution in [1.82, 2.24) is 0 Å². The van der Waals surface area contributed by atoms with Crippen LogP contribution < -0.4 is 0 Å². The summed E-state index contributed by atoms with van der Waals surface area (Å²) < 4.78 is 19.9. The molecule has 0 aliphatic carbocycles. The van der Waals surface area contributed by atoms with Gasteiger partial charge in [-0.3, -0.25) is 0 Å². The predicted molar refractivity (Wildman–Crippen MR) is 67.9 cm³/mol. The van der Waals surface area contributed by atoms with Crippen molar-refractivity contribution in [2.75, 3.05) is 0 Å². The van der Waals surface area contributed by atoms with Gasteiger partial charge in [0.05, 0.1) is 0 Å². The van der Waals surface area contributed by atoms with E-state index in [-0.39, 0.29) is 23.0 Å². The molecule has 0 saturated heterocycles. The molecule has 0 rings (SSSR count). The van der Waals surface area contributed by atoms with Crippen molar-refractivity contribution in [2.24, 2.45) is 0 Å². The molecule has 9 heteroatoms. The summed E-state index contributed by atoms with van der Waals surface area (Å²) in [5, 5.41) is 0. The van der Waals surface area contributed by atoms with Crippen LogP contribution in [0.5, 0.6) is 0 Å². The number of hydrogen-bond acceptors (Lipinski definition) is 8. The molecule has 120 valence electrons. The molecule has 0 aromatic carbocycles.